The van der Waals surface area contributed by atoms with Crippen LogP contribution in [0.1, 0.15) is 84.9 Å². The molecule has 9 nitrogen and oxygen atoms in total. The fraction of sp³-hybridized carbons (Fsp3) is 0.343. The average Bonchev–Trinajstić information content (AvgIpc) is 3.63. The summed E-state index contributed by atoms with van der Waals surface area (Å²) in [5.74, 6) is -3.61. The predicted octanol–water partition coefficient (Wildman–Crippen LogP) is 5.11. The molecule has 4 heterocycles. The predicted molar refractivity (Wildman–Crippen MR) is 171 cm³/mol. The quantitative estimate of drug-likeness (QED) is 0.247. The zero-order valence-corrected chi connectivity index (χ0v) is 25.7. The van der Waals surface area contributed by atoms with Crippen LogP contribution in [0, 0.1) is 31.6 Å². The van der Waals surface area contributed by atoms with Gasteiger partial charge < -0.3 is 30.6 Å². The highest BCUT2D eigenvalue weighted by Gasteiger charge is 2.35. The molecule has 0 aromatic carbocycles. The van der Waals surface area contributed by atoms with E-state index in [1.165, 1.54) is 0 Å². The van der Waals surface area contributed by atoms with Crippen molar-refractivity contribution in [2.45, 2.75) is 60.3 Å². The van der Waals surface area contributed by atoms with Gasteiger partial charge in [0, 0.05) is 46.0 Å². The topological polar surface area (TPSA) is 156 Å². The second-order valence-electron chi connectivity index (χ2n) is 11.9. The van der Waals surface area contributed by atoms with Crippen LogP contribution in [0.25, 0.3) is 29.9 Å². The number of aromatic nitrogens is 2. The minimum absolute atomic E-state index is 0.0142. The molecule has 0 spiro atoms. The first-order valence-corrected chi connectivity index (χ1v) is 15.0. The molecule has 8 bridgehead atoms. The maximum absolute atomic E-state index is 12.7. The number of rotatable bonds is 8. The third-order valence-electron chi connectivity index (χ3n) is 9.47. The summed E-state index contributed by atoms with van der Waals surface area (Å²) in [5.41, 5.74) is 9.20. The molecule has 0 saturated carbocycles. The van der Waals surface area contributed by atoms with E-state index in [2.05, 4.69) is 41.8 Å². The van der Waals surface area contributed by atoms with Crippen LogP contribution in [-0.4, -0.2) is 43.2 Å². The second-order valence-corrected chi connectivity index (χ2v) is 11.9. The zero-order valence-electron chi connectivity index (χ0n) is 25.7. The molecule has 5 rings (SSSR count). The first-order valence-electron chi connectivity index (χ1n) is 15.0. The van der Waals surface area contributed by atoms with Crippen molar-refractivity contribution in [3.8, 4) is 0 Å². The van der Waals surface area contributed by atoms with E-state index in [0.717, 1.165) is 51.5 Å². The van der Waals surface area contributed by atoms with E-state index < -0.39 is 24.3 Å². The summed E-state index contributed by atoms with van der Waals surface area (Å²) in [4.78, 5) is 43.5. The van der Waals surface area contributed by atoms with Gasteiger partial charge in [0.25, 0.3) is 0 Å². The number of aromatic carboxylic acids is 1. The molecule has 230 valence electrons. The molecule has 9 heteroatoms. The summed E-state index contributed by atoms with van der Waals surface area (Å²) in [6.45, 7) is 14.0. The second kappa shape index (κ2) is 11.7. The highest BCUT2D eigenvalue weighted by molar-refractivity contribution is 5.93. The first-order chi connectivity index (χ1) is 20.9. The molecule has 3 atom stereocenters. The van der Waals surface area contributed by atoms with Gasteiger partial charge in [-0.25, -0.2) is 4.79 Å². The Kier molecular flexibility index (Phi) is 8.16. The molecule has 1 aliphatic carbocycles. The van der Waals surface area contributed by atoms with Crippen LogP contribution in [-0.2, 0) is 9.59 Å². The molecule has 0 radical (unpaired) electrons. The lowest BCUT2D eigenvalue weighted by atomic mass is 9.82. The van der Waals surface area contributed by atoms with E-state index in [-0.39, 0.29) is 41.5 Å². The third-order valence-corrected chi connectivity index (χ3v) is 9.47. The normalized spacial score (nSPS) is 20.9. The van der Waals surface area contributed by atoms with Crippen molar-refractivity contribution < 1.29 is 29.7 Å². The van der Waals surface area contributed by atoms with Crippen molar-refractivity contribution in [3.63, 3.8) is 0 Å². The smallest absolute Gasteiger partial charge is 0.338 e. The summed E-state index contributed by atoms with van der Waals surface area (Å²) < 4.78 is 0. The van der Waals surface area contributed by atoms with Gasteiger partial charge in [-0.3, -0.25) is 9.59 Å². The Morgan fingerprint density at radius 2 is 1.68 bits per heavy atom. The Morgan fingerprint density at radius 3 is 2.30 bits per heavy atom. The number of H-pyrrole nitrogens is 2. The summed E-state index contributed by atoms with van der Waals surface area (Å²) in [7, 11) is 0. The van der Waals surface area contributed by atoms with Crippen LogP contribution in [0.3, 0.4) is 0 Å². The number of fused-ring (bicyclic) bond motifs is 7. The van der Waals surface area contributed by atoms with Gasteiger partial charge in [0.2, 0.25) is 0 Å². The number of allylic oxidation sites excluding steroid dienone is 5. The Hall–Kier alpha value is -4.79. The fourth-order valence-corrected chi connectivity index (χ4v) is 7.02. The largest absolute Gasteiger partial charge is 0.481 e. The minimum Gasteiger partial charge on any atom is -0.481 e. The van der Waals surface area contributed by atoms with Gasteiger partial charge in [-0.15, -0.1) is 0 Å². The molecule has 0 amide bonds. The summed E-state index contributed by atoms with van der Waals surface area (Å²) in [6.07, 6.45) is 10.3. The monoisotopic (exact) mass is 597 g/mol. The van der Waals surface area contributed by atoms with Crippen LogP contribution in [0.15, 0.2) is 40.8 Å². The molecule has 2 aromatic rings. The maximum Gasteiger partial charge on any atom is 0.338 e. The van der Waals surface area contributed by atoms with Crippen LogP contribution in [0.5, 0.6) is 0 Å². The first kappa shape index (κ1) is 30.7. The lowest BCUT2D eigenvalue weighted by molar-refractivity contribution is -0.137. The maximum atomic E-state index is 12.7. The van der Waals surface area contributed by atoms with Crippen LogP contribution < -0.4 is 16.0 Å². The van der Waals surface area contributed by atoms with Gasteiger partial charge in [0.05, 0.1) is 17.3 Å². The van der Waals surface area contributed by atoms with Gasteiger partial charge in [-0.2, -0.15) is 0 Å². The van der Waals surface area contributed by atoms with E-state index in [1.54, 1.807) is 6.92 Å². The summed E-state index contributed by atoms with van der Waals surface area (Å²) in [5, 5.41) is 34.4. The van der Waals surface area contributed by atoms with E-state index >= 15 is 0 Å². The summed E-state index contributed by atoms with van der Waals surface area (Å²) >= 11 is 0. The molecule has 6 N–H and O–H groups in total. The average molecular weight is 598 g/mol. The third kappa shape index (κ3) is 5.27. The van der Waals surface area contributed by atoms with Crippen LogP contribution >= 0.6 is 0 Å². The van der Waals surface area contributed by atoms with E-state index in [9.17, 15) is 29.7 Å². The molecule has 2 aromatic heterocycles. The van der Waals surface area contributed by atoms with Gasteiger partial charge in [0.15, 0.2) is 0 Å². The Balaban J connectivity index is 1.93. The van der Waals surface area contributed by atoms with Gasteiger partial charge >= 0.3 is 17.9 Å². The molecule has 3 aliphatic rings. The Bertz CT molecular complexity index is 1860. The number of hydrogen-bond acceptors (Lipinski definition) is 4. The number of carboxylic acid groups (broad SMARTS) is 3. The van der Waals surface area contributed by atoms with Crippen molar-refractivity contribution in [3.05, 3.63) is 85.1 Å². The highest BCUT2D eigenvalue weighted by Crippen LogP contribution is 2.44. The number of carboxylic acids is 3. The summed E-state index contributed by atoms with van der Waals surface area (Å²) in [6, 6.07) is 0. The number of carbonyl (C=O) groups is 3. The SMILES string of the molecule is C=Cc1c2[nH]c(c1C)C=C1C=C(C(CC(=O)O)=c3[nH]c(c(C)c3C(=O)O)=CC3=C(CC)C(C)C(=C2)N3)[C@@H](CCC(=O)O)[C@@H]1C. The Morgan fingerprint density at radius 1 is 0.955 bits per heavy atom. The number of hydrogen-bond donors (Lipinski definition) is 6. The zero-order chi connectivity index (χ0) is 32.0. The molecule has 44 heavy (non-hydrogen) atoms. The van der Waals surface area contributed by atoms with Crippen molar-refractivity contribution in [2.24, 2.45) is 17.8 Å². The van der Waals surface area contributed by atoms with Crippen molar-refractivity contribution in [1.29, 1.82) is 0 Å². The molecule has 1 unspecified atom stereocenters. The number of aliphatic carboxylic acids is 2. The van der Waals surface area contributed by atoms with Crippen LogP contribution in [0.4, 0.5) is 0 Å². The number of nitrogens with one attached hydrogen (secondary N) is 3. The Labute approximate surface area is 255 Å². The van der Waals surface area contributed by atoms with E-state index in [0.29, 0.717) is 22.1 Å². The van der Waals surface area contributed by atoms with Gasteiger partial charge in [0.1, 0.15) is 0 Å². The lowest BCUT2D eigenvalue weighted by Gasteiger charge is -2.21. The van der Waals surface area contributed by atoms with E-state index in [1.807, 2.05) is 38.2 Å². The molecule has 0 saturated heterocycles. The van der Waals surface area contributed by atoms with Crippen molar-refractivity contribution >= 4 is 47.8 Å². The molecular weight excluding hydrogens is 558 g/mol. The van der Waals surface area contributed by atoms with Crippen molar-refractivity contribution in [1.82, 2.24) is 15.3 Å². The fourth-order valence-electron chi connectivity index (χ4n) is 7.02. The molecule has 2 aliphatic heterocycles. The highest BCUT2D eigenvalue weighted by atomic mass is 16.4. The molecular formula is C35H39N3O6. The van der Waals surface area contributed by atoms with Gasteiger partial charge in [-0.1, -0.05) is 39.5 Å². The molecule has 0 fully saturated rings. The van der Waals surface area contributed by atoms with Crippen molar-refractivity contribution in [2.75, 3.05) is 0 Å². The van der Waals surface area contributed by atoms with Crippen LogP contribution in [0.2, 0.25) is 0 Å². The van der Waals surface area contributed by atoms with Gasteiger partial charge in [-0.05, 0) is 90.2 Å². The lowest BCUT2D eigenvalue weighted by Crippen LogP contribution is -2.23. The minimum atomic E-state index is -1.16. The number of aromatic amines is 2. The van der Waals surface area contributed by atoms with E-state index in [4.69, 9.17) is 0 Å². The standard InChI is InChI=1S/C35H39N3O6/c1-7-21-17(4)26-12-20-11-24(23(16(20)3)9-10-31(39)40)25(13-32(41)42)34-33(35(43)44)19(6)28(38-34)15-30-22(8-2)18(5)27(37-30)14-29(21)36-26/h7,11-12,14-16,18,23,36-38H,1,8-10,13H2,2-6H3,(H,39,40)(H,41,42)(H,43,44)/t16-,18?,23+/m1/s1.